The Morgan fingerprint density at radius 3 is 2.44 bits per heavy atom. The highest BCUT2D eigenvalue weighted by Gasteiger charge is 2.49. The van der Waals surface area contributed by atoms with Gasteiger partial charge >= 0.3 is 6.09 Å². The molecule has 0 bridgehead atoms. The minimum Gasteiger partial charge on any atom is -0.446 e. The van der Waals surface area contributed by atoms with E-state index in [1.54, 1.807) is 31.2 Å². The average Bonchev–Trinajstić information content (AvgIpc) is 3.35. The molecule has 9 nitrogen and oxygen atoms in total. The minimum atomic E-state index is -2.93. The summed E-state index contributed by atoms with van der Waals surface area (Å²) in [5.41, 5.74) is 0.935. The summed E-state index contributed by atoms with van der Waals surface area (Å²) in [4.78, 5) is 43.3. The van der Waals surface area contributed by atoms with E-state index in [0.717, 1.165) is 21.9 Å². The maximum absolute atomic E-state index is 14.8. The molecule has 218 valence electrons. The van der Waals surface area contributed by atoms with Crippen molar-refractivity contribution in [2.24, 2.45) is 0 Å². The molecule has 0 spiro atoms. The summed E-state index contributed by atoms with van der Waals surface area (Å²) < 4.78 is 47.3. The van der Waals surface area contributed by atoms with E-state index in [-0.39, 0.29) is 22.5 Å². The monoisotopic (exact) mass is 587 g/mol. The number of amides is 3. The van der Waals surface area contributed by atoms with E-state index in [1.165, 1.54) is 30.3 Å². The van der Waals surface area contributed by atoms with E-state index in [0.29, 0.717) is 11.1 Å². The van der Waals surface area contributed by atoms with Gasteiger partial charge in [-0.2, -0.15) is 10.5 Å². The summed E-state index contributed by atoms with van der Waals surface area (Å²) in [6.07, 6.45) is -2.06. The highest BCUT2D eigenvalue weighted by Crippen LogP contribution is 2.39. The van der Waals surface area contributed by atoms with Gasteiger partial charge in [-0.3, -0.25) is 19.4 Å². The SMILES string of the molecule is Cc1ccccc1C(C(=O)NC1CC(F)(F)C1)N(C(=O)C1COC(=O)N1c1cccc(C#N)c1)c1cc(F)cc(C#N)c1. The van der Waals surface area contributed by atoms with Crippen molar-refractivity contribution in [3.8, 4) is 12.1 Å². The topological polar surface area (TPSA) is 127 Å². The third kappa shape index (κ3) is 5.86. The zero-order valence-corrected chi connectivity index (χ0v) is 22.8. The quantitative estimate of drug-likeness (QED) is 0.420. The fourth-order valence-corrected chi connectivity index (χ4v) is 5.29. The predicted octanol–water partition coefficient (Wildman–Crippen LogP) is 4.89. The zero-order valence-electron chi connectivity index (χ0n) is 22.8. The van der Waals surface area contributed by atoms with Crippen LogP contribution in [0.2, 0.25) is 0 Å². The molecule has 12 heteroatoms. The Morgan fingerprint density at radius 1 is 1.05 bits per heavy atom. The molecule has 0 aromatic heterocycles. The summed E-state index contributed by atoms with van der Waals surface area (Å²) in [5.74, 6) is -5.48. The first-order valence-corrected chi connectivity index (χ1v) is 13.2. The molecule has 2 aliphatic rings. The van der Waals surface area contributed by atoms with Crippen LogP contribution in [0.4, 0.5) is 29.3 Å². The molecular formula is C31H24F3N5O4. The van der Waals surface area contributed by atoms with Crippen molar-refractivity contribution < 1.29 is 32.3 Å². The maximum Gasteiger partial charge on any atom is 0.415 e. The second kappa shape index (κ2) is 11.5. The molecule has 1 aliphatic heterocycles. The molecule has 2 unspecified atom stereocenters. The Morgan fingerprint density at radius 2 is 1.77 bits per heavy atom. The van der Waals surface area contributed by atoms with Crippen LogP contribution < -0.4 is 15.1 Å². The van der Waals surface area contributed by atoms with Gasteiger partial charge in [-0.15, -0.1) is 0 Å². The van der Waals surface area contributed by atoms with Crippen LogP contribution in [0.15, 0.2) is 66.7 Å². The lowest BCUT2D eigenvalue weighted by molar-refractivity contribution is -0.133. The molecule has 5 rings (SSSR count). The second-order valence-electron chi connectivity index (χ2n) is 10.4. The van der Waals surface area contributed by atoms with Crippen molar-refractivity contribution in [3.63, 3.8) is 0 Å². The molecule has 1 heterocycles. The van der Waals surface area contributed by atoms with Crippen molar-refractivity contribution in [1.82, 2.24) is 5.32 Å². The maximum atomic E-state index is 14.8. The highest BCUT2D eigenvalue weighted by atomic mass is 19.3. The summed E-state index contributed by atoms with van der Waals surface area (Å²) in [6.45, 7) is 1.24. The second-order valence-corrected chi connectivity index (χ2v) is 10.4. The Balaban J connectivity index is 1.65. The van der Waals surface area contributed by atoms with Crippen molar-refractivity contribution in [3.05, 3.63) is 94.8 Å². The van der Waals surface area contributed by atoms with Crippen LogP contribution >= 0.6 is 0 Å². The number of anilines is 2. The number of carbonyl (C=O) groups is 3. The Bertz CT molecular complexity index is 1690. The first kappa shape index (κ1) is 29.1. The zero-order chi connectivity index (χ0) is 30.9. The Kier molecular flexibility index (Phi) is 7.79. The number of ether oxygens (including phenoxy) is 1. The number of alkyl halides is 2. The molecule has 0 radical (unpaired) electrons. The number of carbonyl (C=O) groups excluding carboxylic acids is 3. The molecule has 1 saturated carbocycles. The lowest BCUT2D eigenvalue weighted by atomic mass is 9.87. The van der Waals surface area contributed by atoms with Gasteiger partial charge in [0.25, 0.3) is 11.8 Å². The van der Waals surface area contributed by atoms with E-state index in [9.17, 15) is 38.1 Å². The number of nitrogens with one attached hydrogen (secondary N) is 1. The lowest BCUT2D eigenvalue weighted by Crippen LogP contribution is -2.56. The van der Waals surface area contributed by atoms with Gasteiger partial charge < -0.3 is 10.1 Å². The first-order chi connectivity index (χ1) is 20.5. The van der Waals surface area contributed by atoms with Gasteiger partial charge in [0.15, 0.2) is 6.04 Å². The number of nitriles is 2. The normalized spacial score (nSPS) is 18.0. The van der Waals surface area contributed by atoms with Gasteiger partial charge in [0.2, 0.25) is 5.91 Å². The number of halogens is 3. The van der Waals surface area contributed by atoms with Gasteiger partial charge in [0, 0.05) is 30.3 Å². The van der Waals surface area contributed by atoms with Gasteiger partial charge in [0.05, 0.1) is 23.3 Å². The fourth-order valence-electron chi connectivity index (χ4n) is 5.29. The standard InChI is InChI=1S/C31H24F3N5O4/c1-18-5-2-3-8-25(18)27(28(40)37-22-13-31(33,34)14-22)39(24-11-20(16-36)9-21(32)12-24)29(41)26-17-43-30(42)38(26)23-7-4-6-19(10-23)15-35/h2-12,22,26-27H,13-14,17H2,1H3,(H,37,40). The van der Waals surface area contributed by atoms with Gasteiger partial charge in [-0.05, 0) is 54.4 Å². The van der Waals surface area contributed by atoms with Gasteiger partial charge in [0.1, 0.15) is 18.5 Å². The fraction of sp³-hybridized carbons (Fsp3) is 0.258. The molecule has 3 amide bonds. The molecule has 2 atom stereocenters. The number of hydrogen-bond donors (Lipinski definition) is 1. The Hall–Kier alpha value is -5.36. The minimum absolute atomic E-state index is 0.146. The van der Waals surface area contributed by atoms with E-state index >= 15 is 0 Å². The Labute approximate surface area is 244 Å². The van der Waals surface area contributed by atoms with Crippen LogP contribution in [0.1, 0.15) is 41.1 Å². The third-order valence-electron chi connectivity index (χ3n) is 7.36. The van der Waals surface area contributed by atoms with Crippen LogP contribution in [0.5, 0.6) is 0 Å². The molecule has 1 saturated heterocycles. The summed E-state index contributed by atoms with van der Waals surface area (Å²) in [5, 5.41) is 21.5. The molecular weight excluding hydrogens is 563 g/mol. The van der Waals surface area contributed by atoms with Gasteiger partial charge in [-0.1, -0.05) is 30.3 Å². The number of hydrogen-bond acceptors (Lipinski definition) is 6. The summed E-state index contributed by atoms with van der Waals surface area (Å²) >= 11 is 0. The number of benzene rings is 3. The smallest absolute Gasteiger partial charge is 0.415 e. The number of aryl methyl sites for hydroxylation is 1. The van der Waals surface area contributed by atoms with Crippen molar-refractivity contribution in [2.75, 3.05) is 16.4 Å². The van der Waals surface area contributed by atoms with E-state index < -0.39 is 67.2 Å². The molecule has 3 aromatic rings. The largest absolute Gasteiger partial charge is 0.446 e. The lowest BCUT2D eigenvalue weighted by Gasteiger charge is -2.39. The van der Waals surface area contributed by atoms with Crippen LogP contribution in [-0.2, 0) is 14.3 Å². The van der Waals surface area contributed by atoms with Crippen molar-refractivity contribution >= 4 is 29.3 Å². The van der Waals surface area contributed by atoms with Crippen molar-refractivity contribution in [2.45, 2.75) is 43.8 Å². The molecule has 3 aromatic carbocycles. The number of cyclic esters (lactones) is 1. The predicted molar refractivity (Wildman–Crippen MR) is 147 cm³/mol. The molecule has 1 N–H and O–H groups in total. The molecule has 2 fully saturated rings. The van der Waals surface area contributed by atoms with Crippen LogP contribution in [-0.4, -0.2) is 42.5 Å². The van der Waals surface area contributed by atoms with Crippen LogP contribution in [0, 0.1) is 35.4 Å². The third-order valence-corrected chi connectivity index (χ3v) is 7.36. The average molecular weight is 588 g/mol. The summed E-state index contributed by atoms with van der Waals surface area (Å²) in [6, 6.07) is 15.7. The molecule has 43 heavy (non-hydrogen) atoms. The van der Waals surface area contributed by atoms with Gasteiger partial charge in [-0.25, -0.2) is 18.0 Å². The van der Waals surface area contributed by atoms with Crippen molar-refractivity contribution in [1.29, 1.82) is 10.5 Å². The first-order valence-electron chi connectivity index (χ1n) is 13.2. The molecule has 1 aliphatic carbocycles. The van der Waals surface area contributed by atoms with E-state index in [1.807, 2.05) is 12.1 Å². The summed E-state index contributed by atoms with van der Waals surface area (Å²) in [7, 11) is 0. The highest BCUT2D eigenvalue weighted by molar-refractivity contribution is 6.09. The number of rotatable bonds is 7. The van der Waals surface area contributed by atoms with E-state index in [2.05, 4.69) is 5.32 Å². The van der Waals surface area contributed by atoms with E-state index in [4.69, 9.17) is 4.74 Å². The van der Waals surface area contributed by atoms with Crippen LogP contribution in [0.3, 0.4) is 0 Å². The number of nitrogens with zero attached hydrogens (tertiary/aromatic N) is 4. The van der Waals surface area contributed by atoms with Crippen LogP contribution in [0.25, 0.3) is 0 Å².